The summed E-state index contributed by atoms with van der Waals surface area (Å²) in [4.78, 5) is 2.88. The van der Waals surface area contributed by atoms with Crippen LogP contribution >= 0.6 is 12.6 Å². The van der Waals surface area contributed by atoms with Crippen LogP contribution in [0.1, 0.15) is 6.42 Å². The van der Waals surface area contributed by atoms with Crippen molar-refractivity contribution in [1.82, 2.24) is 10.4 Å². The molecule has 1 N–H and O–H groups in total. The second-order valence-electron chi connectivity index (χ2n) is 2.51. The minimum Gasteiger partial charge on any atom is -0.300 e. The molecule has 58 valence electrons. The maximum absolute atomic E-state index is 11.9. The van der Waals surface area contributed by atoms with Crippen molar-refractivity contribution < 1.29 is 4.48 Å². The Hall–Kier alpha value is -0.220. The number of hydrogen-bond acceptors (Lipinski definition) is 3. The molecule has 0 amide bonds. The molecule has 1 rings (SSSR count). The molecule has 0 bridgehead atoms. The fourth-order valence-electron chi connectivity index (χ4n) is 0.972. The average Bonchev–Trinajstić information content (AvgIpc) is 1.94. The van der Waals surface area contributed by atoms with Crippen molar-refractivity contribution >= 4 is 12.6 Å². The summed E-state index contributed by atoms with van der Waals surface area (Å²) in [6.07, 6.45) is 0.839. The zero-order chi connectivity index (χ0) is 7.56. The van der Waals surface area contributed by atoms with E-state index in [9.17, 15) is 4.48 Å². The van der Waals surface area contributed by atoms with Crippen LogP contribution in [0.5, 0.6) is 0 Å². The van der Waals surface area contributed by atoms with Crippen molar-refractivity contribution in [2.75, 3.05) is 20.1 Å². The summed E-state index contributed by atoms with van der Waals surface area (Å²) in [5, 5.41) is 0. The zero-order valence-corrected chi connectivity index (χ0v) is 6.79. The second-order valence-corrected chi connectivity index (χ2v) is 3.05. The van der Waals surface area contributed by atoms with Gasteiger partial charge in [0.05, 0.1) is 5.70 Å². The number of halogens is 1. The van der Waals surface area contributed by atoms with Crippen molar-refractivity contribution in [2.24, 2.45) is 0 Å². The zero-order valence-electron chi connectivity index (χ0n) is 5.89. The molecule has 0 aromatic carbocycles. The van der Waals surface area contributed by atoms with Crippen LogP contribution in [0.15, 0.2) is 10.6 Å². The van der Waals surface area contributed by atoms with Gasteiger partial charge in [-0.3, -0.25) is 0 Å². The van der Waals surface area contributed by atoms with Crippen molar-refractivity contribution in [3.63, 3.8) is 0 Å². The van der Waals surface area contributed by atoms with Gasteiger partial charge in [-0.15, -0.1) is 17.1 Å². The van der Waals surface area contributed by atoms with Gasteiger partial charge in [-0.2, -0.15) is 0 Å². The lowest BCUT2D eigenvalue weighted by Gasteiger charge is -2.23. The molecule has 0 aromatic rings. The fourth-order valence-corrected chi connectivity index (χ4v) is 1.19. The highest BCUT2D eigenvalue weighted by Crippen LogP contribution is 2.17. The number of nitrogens with one attached hydrogen (secondary N) is 1. The Morgan fingerprint density at radius 3 is 2.90 bits per heavy atom. The number of thiol groups is 1. The minimum atomic E-state index is 0.595. The maximum Gasteiger partial charge on any atom is 0.0662 e. The van der Waals surface area contributed by atoms with Crippen molar-refractivity contribution in [2.45, 2.75) is 6.42 Å². The number of rotatable bonds is 1. The number of nitrogens with zero attached hydrogens (tertiary/aromatic N) is 1. The van der Waals surface area contributed by atoms with E-state index < -0.39 is 0 Å². The third kappa shape index (κ3) is 1.64. The van der Waals surface area contributed by atoms with E-state index in [1.165, 1.54) is 0 Å². The first-order chi connectivity index (χ1) is 4.74. The van der Waals surface area contributed by atoms with Crippen LogP contribution in [0, 0.1) is 0 Å². The van der Waals surface area contributed by atoms with Gasteiger partial charge in [-0.25, -0.2) is 5.54 Å². The molecule has 0 saturated heterocycles. The van der Waals surface area contributed by atoms with Gasteiger partial charge in [0.2, 0.25) is 0 Å². The van der Waals surface area contributed by atoms with Gasteiger partial charge >= 0.3 is 0 Å². The molecule has 10 heavy (non-hydrogen) atoms. The van der Waals surface area contributed by atoms with Crippen LogP contribution in [0.4, 0.5) is 4.48 Å². The van der Waals surface area contributed by atoms with Gasteiger partial charge in [0.1, 0.15) is 0 Å². The first-order valence-electron chi connectivity index (χ1n) is 3.20. The topological polar surface area (TPSA) is 15.3 Å². The van der Waals surface area contributed by atoms with Crippen LogP contribution in [-0.2, 0) is 0 Å². The predicted octanol–water partition coefficient (Wildman–Crippen LogP) is 0.937. The first-order valence-corrected chi connectivity index (χ1v) is 3.65. The normalized spacial score (nSPS) is 21.5. The summed E-state index contributed by atoms with van der Waals surface area (Å²) >= 11 is 4.13. The quantitative estimate of drug-likeness (QED) is 0.440. The second kappa shape index (κ2) is 3.25. The van der Waals surface area contributed by atoms with Gasteiger partial charge in [-0.1, -0.05) is 0 Å². The van der Waals surface area contributed by atoms with E-state index in [0.29, 0.717) is 12.2 Å². The van der Waals surface area contributed by atoms with Crippen molar-refractivity contribution in [3.05, 3.63) is 10.6 Å². The molecule has 1 heterocycles. The molecule has 1 aliphatic heterocycles. The van der Waals surface area contributed by atoms with Gasteiger partial charge < -0.3 is 4.90 Å². The standard InChI is InChI=1S/C6H11FN2S/c1-9-3-2-6(10)5(4-9)8-7/h8,10H,2-4H2,1H3. The number of hydrogen-bond donors (Lipinski definition) is 2. The maximum atomic E-state index is 11.9. The Bertz CT molecular complexity index is 158. The Kier molecular flexibility index (Phi) is 2.56. The first kappa shape index (κ1) is 7.88. The summed E-state index contributed by atoms with van der Waals surface area (Å²) in [6, 6.07) is 0. The lowest BCUT2D eigenvalue weighted by Crippen LogP contribution is -2.30. The summed E-state index contributed by atoms with van der Waals surface area (Å²) in [7, 11) is 1.96. The molecule has 0 saturated carbocycles. The summed E-state index contributed by atoms with van der Waals surface area (Å²) in [5.41, 5.74) is 2.24. The molecule has 0 aromatic heterocycles. The van der Waals surface area contributed by atoms with Crippen LogP contribution in [0.3, 0.4) is 0 Å². The largest absolute Gasteiger partial charge is 0.300 e. The Morgan fingerprint density at radius 2 is 2.40 bits per heavy atom. The van der Waals surface area contributed by atoms with E-state index in [1.54, 1.807) is 5.54 Å². The van der Waals surface area contributed by atoms with E-state index in [2.05, 4.69) is 12.6 Å². The monoisotopic (exact) mass is 162 g/mol. The van der Waals surface area contributed by atoms with Crippen LogP contribution in [0.25, 0.3) is 0 Å². The van der Waals surface area contributed by atoms with Crippen LogP contribution in [-0.4, -0.2) is 25.0 Å². The van der Waals surface area contributed by atoms with E-state index >= 15 is 0 Å². The van der Waals surface area contributed by atoms with E-state index in [-0.39, 0.29) is 0 Å². The molecule has 0 unspecified atom stereocenters. The highest BCUT2D eigenvalue weighted by Gasteiger charge is 2.12. The molecule has 0 spiro atoms. The van der Waals surface area contributed by atoms with E-state index in [1.807, 2.05) is 11.9 Å². The minimum absolute atomic E-state index is 0.595. The molecular weight excluding hydrogens is 151 g/mol. The van der Waals surface area contributed by atoms with Crippen LogP contribution in [0.2, 0.25) is 0 Å². The molecular formula is C6H11FN2S. The van der Waals surface area contributed by atoms with Gasteiger partial charge in [-0.05, 0) is 13.5 Å². The lowest BCUT2D eigenvalue weighted by atomic mass is 10.2. The smallest absolute Gasteiger partial charge is 0.0662 e. The highest BCUT2D eigenvalue weighted by molar-refractivity contribution is 7.84. The predicted molar refractivity (Wildman–Crippen MR) is 42.4 cm³/mol. The van der Waals surface area contributed by atoms with Crippen molar-refractivity contribution in [3.8, 4) is 0 Å². The molecule has 0 fully saturated rings. The van der Waals surface area contributed by atoms with Crippen LogP contribution < -0.4 is 5.54 Å². The Labute approximate surface area is 65.4 Å². The third-order valence-corrected chi connectivity index (χ3v) is 2.11. The lowest BCUT2D eigenvalue weighted by molar-refractivity contribution is 0.297. The van der Waals surface area contributed by atoms with E-state index in [4.69, 9.17) is 0 Å². The third-order valence-electron chi connectivity index (χ3n) is 1.62. The fraction of sp³-hybridized carbons (Fsp3) is 0.667. The Balaban J connectivity index is 2.62. The molecule has 0 aliphatic carbocycles. The average molecular weight is 162 g/mol. The number of likely N-dealkylation sites (N-methyl/N-ethyl adjacent to an activating group) is 1. The SMILES string of the molecule is CN1CCC(S)=C(NF)C1. The summed E-state index contributed by atoms with van der Waals surface area (Å²) in [5.74, 6) is 0. The molecule has 0 radical (unpaired) electrons. The Morgan fingerprint density at radius 1 is 1.70 bits per heavy atom. The van der Waals surface area contributed by atoms with Gasteiger partial charge in [0.15, 0.2) is 0 Å². The van der Waals surface area contributed by atoms with Gasteiger partial charge in [0, 0.05) is 18.0 Å². The van der Waals surface area contributed by atoms with Crippen molar-refractivity contribution in [1.29, 1.82) is 0 Å². The molecule has 1 aliphatic rings. The highest BCUT2D eigenvalue weighted by atomic mass is 32.1. The molecule has 2 nitrogen and oxygen atoms in total. The summed E-state index contributed by atoms with van der Waals surface area (Å²) < 4.78 is 11.9. The van der Waals surface area contributed by atoms with E-state index in [0.717, 1.165) is 17.9 Å². The molecule has 4 heteroatoms. The molecule has 0 atom stereocenters. The summed E-state index contributed by atoms with van der Waals surface area (Å²) in [6.45, 7) is 1.60. The van der Waals surface area contributed by atoms with Gasteiger partial charge in [0.25, 0.3) is 0 Å².